The number of thiazole rings is 1. The van der Waals surface area contributed by atoms with Gasteiger partial charge in [0.2, 0.25) is 17.7 Å². The lowest BCUT2D eigenvalue weighted by Gasteiger charge is -2.35. The number of hydrogen-bond donors (Lipinski definition) is 3. The van der Waals surface area contributed by atoms with Crippen molar-refractivity contribution < 1.29 is 38.4 Å². The summed E-state index contributed by atoms with van der Waals surface area (Å²) in [6, 6.07) is 23.9. The summed E-state index contributed by atoms with van der Waals surface area (Å²) in [5, 5.41) is 17.4. The average molecular weight is 881 g/mol. The molecule has 14 nitrogen and oxygen atoms in total. The van der Waals surface area contributed by atoms with Crippen LogP contribution < -0.4 is 20.3 Å². The van der Waals surface area contributed by atoms with E-state index >= 15 is 0 Å². The van der Waals surface area contributed by atoms with Crippen molar-refractivity contribution >= 4 is 45.6 Å². The molecule has 15 heteroatoms. The first-order valence-electron chi connectivity index (χ1n) is 21.3. The van der Waals surface area contributed by atoms with Crippen LogP contribution in [0.3, 0.4) is 0 Å². The lowest BCUT2D eigenvalue weighted by molar-refractivity contribution is -0.144. The van der Waals surface area contributed by atoms with E-state index in [2.05, 4.69) is 44.8 Å². The number of nitrogens with zero attached hydrogens (tertiary/aromatic N) is 4. The molecule has 63 heavy (non-hydrogen) atoms. The van der Waals surface area contributed by atoms with Crippen LogP contribution in [0.15, 0.2) is 84.4 Å². The summed E-state index contributed by atoms with van der Waals surface area (Å²) in [4.78, 5) is 54.3. The Labute approximate surface area is 373 Å². The first-order chi connectivity index (χ1) is 30.2. The molecule has 1 fully saturated rings. The highest BCUT2D eigenvalue weighted by atomic mass is 32.1. The number of carbonyl (C=O) groups is 3. The molecule has 2 aromatic heterocycles. The normalized spacial score (nSPS) is 16.2. The SMILES string of the molecule is Cc1ncsc1-c1ccc([C@H](C)NC(=O)[C@@H]2C[C@@H](O)CN2C(=O)[C@@H](NC(=O)COCCOCCOCCOc2ccc3nc(-c4ccc(N(C)C)cc4)ccc3c2)C(C)(C)C)cc1. The van der Waals surface area contributed by atoms with Crippen molar-refractivity contribution in [2.24, 2.45) is 5.41 Å². The molecular formula is C48H60N6O8S. The predicted molar refractivity (Wildman–Crippen MR) is 246 cm³/mol. The number of pyridine rings is 1. The van der Waals surface area contributed by atoms with Gasteiger partial charge in [-0.05, 0) is 66.8 Å². The van der Waals surface area contributed by atoms with Gasteiger partial charge in [0.25, 0.3) is 0 Å². The maximum Gasteiger partial charge on any atom is 0.246 e. The number of aromatic nitrogens is 2. The average Bonchev–Trinajstić information content (AvgIpc) is 3.88. The topological polar surface area (TPSA) is 165 Å². The molecule has 0 unspecified atom stereocenters. The number of rotatable bonds is 20. The minimum Gasteiger partial charge on any atom is -0.491 e. The van der Waals surface area contributed by atoms with E-state index in [1.807, 2.05) is 109 Å². The molecule has 5 aromatic rings. The molecule has 6 rings (SSSR count). The third-order valence-corrected chi connectivity index (χ3v) is 11.9. The van der Waals surface area contributed by atoms with Gasteiger partial charge in [-0.25, -0.2) is 9.97 Å². The first-order valence-corrected chi connectivity index (χ1v) is 22.2. The van der Waals surface area contributed by atoms with Crippen LogP contribution >= 0.6 is 11.3 Å². The number of fused-ring (bicyclic) bond motifs is 1. The molecule has 4 atom stereocenters. The Bertz CT molecular complexity index is 2300. The zero-order valence-corrected chi connectivity index (χ0v) is 38.1. The van der Waals surface area contributed by atoms with Gasteiger partial charge >= 0.3 is 0 Å². The number of aryl methyl sites for hydroxylation is 1. The first kappa shape index (κ1) is 47.0. The van der Waals surface area contributed by atoms with E-state index in [0.717, 1.165) is 55.3 Å². The number of benzene rings is 3. The molecule has 0 bridgehead atoms. The van der Waals surface area contributed by atoms with Crippen LogP contribution in [0.4, 0.5) is 5.69 Å². The Kier molecular flexibility index (Phi) is 16.2. The van der Waals surface area contributed by atoms with Crippen LogP contribution in [0, 0.1) is 12.3 Å². The number of nitrogens with one attached hydrogen (secondary N) is 2. The number of carbonyl (C=O) groups excluding carboxylic acids is 3. The number of hydrogen-bond acceptors (Lipinski definition) is 12. The summed E-state index contributed by atoms with van der Waals surface area (Å²) in [7, 11) is 4.04. The number of ether oxygens (including phenoxy) is 4. The maximum absolute atomic E-state index is 14.0. The molecule has 3 aromatic carbocycles. The number of likely N-dealkylation sites (tertiary alicyclic amines) is 1. The van der Waals surface area contributed by atoms with E-state index < -0.39 is 35.4 Å². The quantitative estimate of drug-likeness (QED) is 0.0763. The fraction of sp³-hybridized carbons (Fsp3) is 0.438. The van der Waals surface area contributed by atoms with Gasteiger partial charge < -0.3 is 44.5 Å². The number of aliphatic hydroxyl groups excluding tert-OH is 1. The van der Waals surface area contributed by atoms with Crippen molar-refractivity contribution in [3.8, 4) is 27.4 Å². The fourth-order valence-electron chi connectivity index (χ4n) is 7.33. The second-order valence-electron chi connectivity index (χ2n) is 17.0. The van der Waals surface area contributed by atoms with Gasteiger partial charge in [0, 0.05) is 43.7 Å². The predicted octanol–water partition coefficient (Wildman–Crippen LogP) is 6.20. The Hall–Kier alpha value is -5.45. The Balaban J connectivity index is 0.862. The Morgan fingerprint density at radius 3 is 2.19 bits per heavy atom. The van der Waals surface area contributed by atoms with Crippen molar-refractivity contribution in [1.29, 1.82) is 0 Å². The molecule has 1 aliphatic heterocycles. The van der Waals surface area contributed by atoms with Crippen LogP contribution in [-0.2, 0) is 28.6 Å². The largest absolute Gasteiger partial charge is 0.491 e. The molecule has 0 saturated carbocycles. The van der Waals surface area contributed by atoms with Crippen molar-refractivity contribution in [1.82, 2.24) is 25.5 Å². The Morgan fingerprint density at radius 2 is 1.54 bits per heavy atom. The molecule has 0 aliphatic carbocycles. The summed E-state index contributed by atoms with van der Waals surface area (Å²) >= 11 is 1.58. The van der Waals surface area contributed by atoms with Gasteiger partial charge in [0.1, 0.15) is 31.0 Å². The van der Waals surface area contributed by atoms with Gasteiger partial charge in [-0.15, -0.1) is 11.3 Å². The van der Waals surface area contributed by atoms with Gasteiger partial charge in [0.05, 0.1) is 72.5 Å². The Morgan fingerprint density at radius 1 is 0.873 bits per heavy atom. The van der Waals surface area contributed by atoms with Gasteiger partial charge in [0.15, 0.2) is 0 Å². The van der Waals surface area contributed by atoms with Gasteiger partial charge in [-0.3, -0.25) is 14.4 Å². The van der Waals surface area contributed by atoms with Crippen LogP contribution in [0.2, 0.25) is 0 Å². The lowest BCUT2D eigenvalue weighted by atomic mass is 9.85. The third kappa shape index (κ3) is 12.8. The molecule has 1 saturated heterocycles. The van der Waals surface area contributed by atoms with Crippen LogP contribution in [0.1, 0.15) is 51.4 Å². The molecule has 1 aliphatic rings. The molecule has 336 valence electrons. The summed E-state index contributed by atoms with van der Waals surface area (Å²) in [6.45, 7) is 10.9. The summed E-state index contributed by atoms with van der Waals surface area (Å²) in [5.74, 6) is -0.548. The minimum absolute atomic E-state index is 0.0151. The number of β-amino-alcohol motifs (C(OH)–C–C–N with tert-alkyl or cyclic N) is 1. The molecule has 0 radical (unpaired) electrons. The highest BCUT2D eigenvalue weighted by Gasteiger charge is 2.44. The van der Waals surface area contributed by atoms with E-state index in [4.69, 9.17) is 23.9 Å². The zero-order chi connectivity index (χ0) is 45.1. The highest BCUT2D eigenvalue weighted by molar-refractivity contribution is 7.13. The number of amides is 3. The molecule has 0 spiro atoms. The number of anilines is 1. The van der Waals surface area contributed by atoms with Crippen LogP contribution in [0.5, 0.6) is 5.75 Å². The smallest absolute Gasteiger partial charge is 0.246 e. The monoisotopic (exact) mass is 880 g/mol. The highest BCUT2D eigenvalue weighted by Crippen LogP contribution is 2.30. The fourth-order valence-corrected chi connectivity index (χ4v) is 8.14. The van der Waals surface area contributed by atoms with E-state index in [1.54, 1.807) is 11.3 Å². The zero-order valence-electron chi connectivity index (χ0n) is 37.3. The van der Waals surface area contributed by atoms with Crippen molar-refractivity contribution in [3.05, 3.63) is 95.6 Å². The van der Waals surface area contributed by atoms with E-state index in [0.29, 0.717) is 26.4 Å². The second-order valence-corrected chi connectivity index (χ2v) is 17.9. The molecular weight excluding hydrogens is 821 g/mol. The second kappa shape index (κ2) is 21.8. The van der Waals surface area contributed by atoms with E-state index in [-0.39, 0.29) is 44.7 Å². The van der Waals surface area contributed by atoms with Crippen LogP contribution in [-0.4, -0.2) is 123 Å². The van der Waals surface area contributed by atoms with Gasteiger partial charge in [-0.1, -0.05) is 63.2 Å². The van der Waals surface area contributed by atoms with Crippen molar-refractivity contribution in [2.75, 3.05) is 71.8 Å². The standard InChI is InChI=1S/C48H60N6O8S/c1-31(33-8-10-35(11-9-33)44-32(2)49-30-63-44)50-46(57)42-27-38(55)28-54(42)47(58)45(48(3,4)5)52-43(56)29-61-23-22-59-20-21-60-24-25-62-39-17-19-41-36(26-39)14-18-40(51-41)34-12-15-37(16-13-34)53(6)7/h8-19,26,30-31,38,42,45,55H,20-25,27-29H2,1-7H3,(H,50,57)(H,52,56)/t31-,38+,42-,45+/m0/s1. The molecule has 3 amide bonds. The summed E-state index contributed by atoms with van der Waals surface area (Å²) in [5.41, 5.74) is 8.04. The van der Waals surface area contributed by atoms with Crippen molar-refractivity contribution in [2.45, 2.75) is 65.3 Å². The summed E-state index contributed by atoms with van der Waals surface area (Å²) in [6.07, 6.45) is -0.777. The maximum atomic E-state index is 14.0. The molecule has 3 N–H and O–H groups in total. The minimum atomic E-state index is -0.963. The lowest BCUT2D eigenvalue weighted by Crippen LogP contribution is -2.58. The van der Waals surface area contributed by atoms with Crippen LogP contribution in [0.25, 0.3) is 32.6 Å². The van der Waals surface area contributed by atoms with Gasteiger partial charge in [-0.2, -0.15) is 0 Å². The number of aliphatic hydroxyl groups is 1. The third-order valence-electron chi connectivity index (χ3n) is 10.9. The summed E-state index contributed by atoms with van der Waals surface area (Å²) < 4.78 is 22.7. The van der Waals surface area contributed by atoms with Crippen molar-refractivity contribution in [3.63, 3.8) is 0 Å². The van der Waals surface area contributed by atoms with E-state index in [9.17, 15) is 19.5 Å². The van der Waals surface area contributed by atoms with E-state index in [1.165, 1.54) is 4.90 Å². The molecule has 3 heterocycles.